The highest BCUT2D eigenvalue weighted by Gasteiger charge is 2.30. The second-order valence-corrected chi connectivity index (χ2v) is 4.56. The maximum atomic E-state index is 12.0. The number of methoxy groups -OCH3 is 1. The summed E-state index contributed by atoms with van der Waals surface area (Å²) < 4.78 is 9.77. The van der Waals surface area contributed by atoms with E-state index in [1.165, 1.54) is 13.3 Å². The number of carbonyl (C=O) groups is 2. The number of pyridine rings is 1. The van der Waals surface area contributed by atoms with Crippen molar-refractivity contribution in [3.05, 3.63) is 24.0 Å². The van der Waals surface area contributed by atoms with Gasteiger partial charge in [-0.1, -0.05) is 0 Å². The fraction of sp³-hybridized carbons (Fsp3) is 0.500. The highest BCUT2D eigenvalue weighted by Crippen LogP contribution is 2.20. The Morgan fingerprint density at radius 1 is 1.52 bits per heavy atom. The van der Waals surface area contributed by atoms with E-state index in [1.807, 2.05) is 4.90 Å². The van der Waals surface area contributed by atoms with Gasteiger partial charge in [0.2, 0.25) is 0 Å². The minimum absolute atomic E-state index is 0.219. The molecular weight excluding hydrogens is 274 g/mol. The van der Waals surface area contributed by atoms with Crippen LogP contribution < -0.4 is 10.2 Å². The SMILES string of the molecule is CCOC(=O)C1CNCCN1c1ccnc(C(=O)OC)c1. The van der Waals surface area contributed by atoms with Crippen molar-refractivity contribution in [3.63, 3.8) is 0 Å². The highest BCUT2D eigenvalue weighted by molar-refractivity contribution is 5.88. The normalized spacial score (nSPS) is 18.2. The molecule has 0 amide bonds. The maximum absolute atomic E-state index is 12.0. The number of nitrogens with one attached hydrogen (secondary N) is 1. The molecular formula is C14H19N3O4. The molecule has 1 saturated heterocycles. The average Bonchev–Trinajstić information content (AvgIpc) is 2.54. The molecule has 114 valence electrons. The molecule has 1 atom stereocenters. The van der Waals surface area contributed by atoms with Crippen molar-refractivity contribution in [1.82, 2.24) is 10.3 Å². The van der Waals surface area contributed by atoms with Crippen LogP contribution in [-0.4, -0.2) is 56.3 Å². The van der Waals surface area contributed by atoms with Gasteiger partial charge in [0.05, 0.1) is 13.7 Å². The summed E-state index contributed by atoms with van der Waals surface area (Å²) in [7, 11) is 1.31. The molecule has 1 unspecified atom stereocenters. The standard InChI is InChI=1S/C14H19N3O4/c1-3-21-14(19)12-9-15-6-7-17(12)10-4-5-16-11(8-10)13(18)20-2/h4-5,8,12,15H,3,6-7,9H2,1-2H3. The first-order chi connectivity index (χ1) is 10.2. The van der Waals surface area contributed by atoms with Gasteiger partial charge in [-0.05, 0) is 19.1 Å². The number of nitrogens with zero attached hydrogens (tertiary/aromatic N) is 2. The van der Waals surface area contributed by atoms with Crippen LogP contribution in [0.2, 0.25) is 0 Å². The zero-order valence-electron chi connectivity index (χ0n) is 12.2. The third-order valence-corrected chi connectivity index (χ3v) is 3.27. The van der Waals surface area contributed by atoms with Gasteiger partial charge in [-0.3, -0.25) is 0 Å². The van der Waals surface area contributed by atoms with Gasteiger partial charge in [0.25, 0.3) is 0 Å². The predicted octanol–water partition coefficient (Wildman–Crippen LogP) is 0.209. The molecule has 0 aromatic carbocycles. The quantitative estimate of drug-likeness (QED) is 0.795. The minimum atomic E-state index is -0.500. The molecule has 0 saturated carbocycles. The molecule has 1 fully saturated rings. The number of anilines is 1. The molecule has 0 aliphatic carbocycles. The molecule has 1 aliphatic rings. The zero-order chi connectivity index (χ0) is 15.2. The number of ether oxygens (including phenoxy) is 2. The Bertz CT molecular complexity index is 521. The first-order valence-corrected chi connectivity index (χ1v) is 6.85. The molecule has 0 radical (unpaired) electrons. The lowest BCUT2D eigenvalue weighted by molar-refractivity contribution is -0.144. The lowest BCUT2D eigenvalue weighted by Crippen LogP contribution is -2.55. The second-order valence-electron chi connectivity index (χ2n) is 4.56. The third kappa shape index (κ3) is 3.49. The van der Waals surface area contributed by atoms with Gasteiger partial charge >= 0.3 is 11.9 Å². The molecule has 1 aromatic heterocycles. The zero-order valence-corrected chi connectivity index (χ0v) is 12.2. The van der Waals surface area contributed by atoms with Gasteiger partial charge in [0, 0.05) is 31.5 Å². The Morgan fingerprint density at radius 3 is 3.05 bits per heavy atom. The predicted molar refractivity (Wildman–Crippen MR) is 76.2 cm³/mol. The summed E-state index contributed by atoms with van der Waals surface area (Å²) >= 11 is 0. The number of carbonyl (C=O) groups excluding carboxylic acids is 2. The van der Waals surface area contributed by atoms with Crippen LogP contribution in [0, 0.1) is 0 Å². The molecule has 1 aromatic rings. The largest absolute Gasteiger partial charge is 0.464 e. The van der Waals surface area contributed by atoms with E-state index in [1.54, 1.807) is 19.1 Å². The van der Waals surface area contributed by atoms with Crippen molar-refractivity contribution in [2.75, 3.05) is 38.3 Å². The fourth-order valence-corrected chi connectivity index (χ4v) is 2.28. The van der Waals surface area contributed by atoms with Crippen LogP contribution in [-0.2, 0) is 14.3 Å². The smallest absolute Gasteiger partial charge is 0.356 e. The molecule has 7 heteroatoms. The van der Waals surface area contributed by atoms with E-state index in [0.29, 0.717) is 19.7 Å². The number of aromatic nitrogens is 1. The van der Waals surface area contributed by atoms with Crippen LogP contribution >= 0.6 is 0 Å². The van der Waals surface area contributed by atoms with Crippen LogP contribution in [0.3, 0.4) is 0 Å². The van der Waals surface area contributed by atoms with E-state index >= 15 is 0 Å². The molecule has 1 aliphatic heterocycles. The number of rotatable bonds is 4. The summed E-state index contributed by atoms with van der Waals surface area (Å²) in [6, 6.07) is 2.99. The van der Waals surface area contributed by atoms with Crippen molar-refractivity contribution >= 4 is 17.6 Å². The first kappa shape index (κ1) is 15.2. The molecule has 7 nitrogen and oxygen atoms in total. The Kier molecular flexibility index (Phi) is 5.10. The minimum Gasteiger partial charge on any atom is -0.464 e. The van der Waals surface area contributed by atoms with Crippen molar-refractivity contribution in [1.29, 1.82) is 0 Å². The van der Waals surface area contributed by atoms with Gasteiger partial charge in [-0.15, -0.1) is 0 Å². The van der Waals surface area contributed by atoms with Gasteiger partial charge in [0.15, 0.2) is 0 Å². The molecule has 2 rings (SSSR count). The lowest BCUT2D eigenvalue weighted by atomic mass is 10.1. The van der Waals surface area contributed by atoms with Gasteiger partial charge in [-0.2, -0.15) is 0 Å². The van der Waals surface area contributed by atoms with Crippen molar-refractivity contribution < 1.29 is 19.1 Å². The van der Waals surface area contributed by atoms with Gasteiger partial charge < -0.3 is 19.7 Å². The Labute approximate surface area is 123 Å². The van der Waals surface area contributed by atoms with Crippen LogP contribution in [0.25, 0.3) is 0 Å². The summed E-state index contributed by atoms with van der Waals surface area (Å²) in [5.41, 5.74) is 0.973. The van der Waals surface area contributed by atoms with Crippen LogP contribution in [0.4, 0.5) is 5.69 Å². The maximum Gasteiger partial charge on any atom is 0.356 e. The topological polar surface area (TPSA) is 80.8 Å². The van der Waals surface area contributed by atoms with Crippen molar-refractivity contribution in [2.24, 2.45) is 0 Å². The lowest BCUT2D eigenvalue weighted by Gasteiger charge is -2.36. The van der Waals surface area contributed by atoms with Crippen molar-refractivity contribution in [3.8, 4) is 0 Å². The van der Waals surface area contributed by atoms with E-state index in [-0.39, 0.29) is 11.7 Å². The monoisotopic (exact) mass is 293 g/mol. The van der Waals surface area contributed by atoms with Crippen LogP contribution in [0.5, 0.6) is 0 Å². The van der Waals surface area contributed by atoms with Crippen molar-refractivity contribution in [2.45, 2.75) is 13.0 Å². The summed E-state index contributed by atoms with van der Waals surface area (Å²) in [5, 5.41) is 3.17. The fourth-order valence-electron chi connectivity index (χ4n) is 2.28. The molecule has 0 spiro atoms. The van der Waals surface area contributed by atoms with E-state index in [0.717, 1.165) is 12.2 Å². The molecule has 2 heterocycles. The average molecular weight is 293 g/mol. The number of hydrogen-bond donors (Lipinski definition) is 1. The highest BCUT2D eigenvalue weighted by atomic mass is 16.5. The van der Waals surface area contributed by atoms with E-state index < -0.39 is 12.0 Å². The van der Waals surface area contributed by atoms with Gasteiger partial charge in [0.1, 0.15) is 11.7 Å². The Balaban J connectivity index is 2.24. The van der Waals surface area contributed by atoms with E-state index in [4.69, 9.17) is 4.74 Å². The Morgan fingerprint density at radius 2 is 2.33 bits per heavy atom. The number of piperazine rings is 1. The molecule has 0 bridgehead atoms. The summed E-state index contributed by atoms with van der Waals surface area (Å²) in [6.07, 6.45) is 1.53. The third-order valence-electron chi connectivity index (χ3n) is 3.27. The Hall–Kier alpha value is -2.15. The van der Waals surface area contributed by atoms with Crippen LogP contribution in [0.15, 0.2) is 18.3 Å². The second kappa shape index (κ2) is 7.03. The summed E-state index contributed by atoms with van der Waals surface area (Å²) in [6.45, 7) is 4.03. The number of hydrogen-bond acceptors (Lipinski definition) is 7. The molecule has 1 N–H and O–H groups in total. The summed E-state index contributed by atoms with van der Waals surface area (Å²) in [5.74, 6) is -0.777. The van der Waals surface area contributed by atoms with E-state index in [2.05, 4.69) is 15.0 Å². The molecule has 21 heavy (non-hydrogen) atoms. The summed E-state index contributed by atoms with van der Waals surface area (Å²) in [4.78, 5) is 29.5. The van der Waals surface area contributed by atoms with Crippen LogP contribution in [0.1, 0.15) is 17.4 Å². The number of esters is 2. The first-order valence-electron chi connectivity index (χ1n) is 6.85. The van der Waals surface area contributed by atoms with Gasteiger partial charge in [-0.25, -0.2) is 14.6 Å². The van der Waals surface area contributed by atoms with E-state index in [9.17, 15) is 9.59 Å².